The fraction of sp³-hybridized carbons (Fsp3) is 0.588. The minimum atomic E-state index is -1.12. The van der Waals surface area contributed by atoms with Crippen molar-refractivity contribution < 1.29 is 24.1 Å². The molecule has 4 unspecified atom stereocenters. The molecule has 0 aromatic carbocycles. The molecule has 4 aliphatic rings. The largest absolute Gasteiger partial charge is 0.464 e. The summed E-state index contributed by atoms with van der Waals surface area (Å²) in [6, 6.07) is 3.68. The maximum atomic E-state index is 11.6. The smallest absolute Gasteiger partial charge is 0.356 e. The molecule has 2 saturated carbocycles. The molecule has 5 rings (SSSR count). The molecule has 43 heavy (non-hydrogen) atoms. The summed E-state index contributed by atoms with van der Waals surface area (Å²) in [5, 5.41) is 12.9. The number of nitrogens with zero attached hydrogens (tertiary/aromatic N) is 2. The number of aromatic nitrogens is 1. The van der Waals surface area contributed by atoms with E-state index in [1.165, 1.54) is 18.3 Å². The Balaban J connectivity index is 1.01. The first-order chi connectivity index (χ1) is 20.8. The zero-order chi connectivity index (χ0) is 30.6. The van der Waals surface area contributed by atoms with Gasteiger partial charge < -0.3 is 35.3 Å². The van der Waals surface area contributed by atoms with Crippen LogP contribution in [0.25, 0.3) is 0 Å². The lowest BCUT2D eigenvalue weighted by Crippen LogP contribution is -2.37. The predicted octanol–water partition coefficient (Wildman–Crippen LogP) is 4.67. The molecule has 1 aromatic heterocycles. The zero-order valence-corrected chi connectivity index (χ0v) is 25.8. The normalized spacial score (nSPS) is 29.3. The third-order valence-electron chi connectivity index (χ3n) is 10.0. The minimum absolute atomic E-state index is 0.0609. The lowest BCUT2D eigenvalue weighted by atomic mass is 9.75. The van der Waals surface area contributed by atoms with Gasteiger partial charge in [0.25, 0.3) is 0 Å². The maximum absolute atomic E-state index is 11.6. The predicted molar refractivity (Wildman–Crippen MR) is 167 cm³/mol. The topological polar surface area (TPSA) is 119 Å². The van der Waals surface area contributed by atoms with E-state index in [0.29, 0.717) is 42.0 Å². The minimum Gasteiger partial charge on any atom is -0.464 e. The third-order valence-corrected chi connectivity index (χ3v) is 10.0. The molecule has 4 N–H and O–H groups in total. The monoisotopic (exact) mass is 592 g/mol. The summed E-state index contributed by atoms with van der Waals surface area (Å²) in [5.74, 6) is 1.91. The number of ether oxygens (including phenoxy) is 3. The molecule has 1 aromatic rings. The number of carbonyl (C=O) groups is 1. The maximum Gasteiger partial charge on any atom is 0.356 e. The van der Waals surface area contributed by atoms with Gasteiger partial charge in [-0.25, -0.2) is 9.78 Å². The number of piperidine rings is 1. The summed E-state index contributed by atoms with van der Waals surface area (Å²) < 4.78 is 16.8. The van der Waals surface area contributed by atoms with Gasteiger partial charge in [-0.15, -0.1) is 0 Å². The zero-order valence-electron chi connectivity index (χ0n) is 25.8. The van der Waals surface area contributed by atoms with Crippen LogP contribution in [0.5, 0.6) is 0 Å². The molecule has 2 heterocycles. The lowest BCUT2D eigenvalue weighted by molar-refractivity contribution is -0.119. The number of rotatable bonds is 14. The Labute approximate surface area is 255 Å². The highest BCUT2D eigenvalue weighted by atomic mass is 16.6. The molecule has 1 saturated heterocycles. The van der Waals surface area contributed by atoms with Crippen LogP contribution in [0.2, 0.25) is 0 Å². The van der Waals surface area contributed by atoms with Crippen LogP contribution in [0.15, 0.2) is 66.2 Å². The second kappa shape index (κ2) is 13.7. The van der Waals surface area contributed by atoms with Crippen LogP contribution in [0.3, 0.4) is 0 Å². The highest BCUT2D eigenvalue weighted by Crippen LogP contribution is 2.70. The van der Waals surface area contributed by atoms with Crippen molar-refractivity contribution in [2.24, 2.45) is 34.8 Å². The molecule has 234 valence electrons. The van der Waals surface area contributed by atoms with Crippen molar-refractivity contribution in [1.29, 1.82) is 0 Å². The average molecular weight is 593 g/mol. The van der Waals surface area contributed by atoms with Crippen molar-refractivity contribution in [3.05, 3.63) is 71.9 Å². The Morgan fingerprint density at radius 3 is 2.70 bits per heavy atom. The Bertz CT molecular complexity index is 1230. The van der Waals surface area contributed by atoms with Gasteiger partial charge in [0.1, 0.15) is 5.69 Å². The first kappa shape index (κ1) is 31.3. The van der Waals surface area contributed by atoms with E-state index in [1.54, 1.807) is 25.3 Å². The van der Waals surface area contributed by atoms with Crippen molar-refractivity contribution in [1.82, 2.24) is 10.3 Å². The quantitative estimate of drug-likeness (QED) is 0.161. The number of hydrogen-bond donors (Lipinski definition) is 3. The van der Waals surface area contributed by atoms with Crippen molar-refractivity contribution in [2.75, 3.05) is 38.3 Å². The summed E-state index contributed by atoms with van der Waals surface area (Å²) >= 11 is 0. The van der Waals surface area contributed by atoms with E-state index in [0.717, 1.165) is 63.9 Å². The van der Waals surface area contributed by atoms with E-state index in [1.807, 2.05) is 6.07 Å². The van der Waals surface area contributed by atoms with Gasteiger partial charge in [-0.3, -0.25) is 0 Å². The van der Waals surface area contributed by atoms with Gasteiger partial charge >= 0.3 is 5.97 Å². The number of carbonyl (C=O) groups excluding carboxylic acids is 1. The Morgan fingerprint density at radius 1 is 1.28 bits per heavy atom. The second-order valence-corrected chi connectivity index (χ2v) is 12.6. The van der Waals surface area contributed by atoms with Crippen LogP contribution in [-0.4, -0.2) is 62.0 Å². The van der Waals surface area contributed by atoms with E-state index < -0.39 is 12.4 Å². The van der Waals surface area contributed by atoms with Gasteiger partial charge in [0.2, 0.25) is 6.41 Å². The third kappa shape index (κ3) is 6.84. The number of fused-ring (bicyclic) bond motifs is 1. The highest BCUT2D eigenvalue weighted by Gasteiger charge is 2.65. The lowest BCUT2D eigenvalue weighted by Gasteiger charge is -2.38. The molecule has 0 radical (unpaired) electrons. The van der Waals surface area contributed by atoms with Crippen LogP contribution < -0.4 is 16.0 Å². The van der Waals surface area contributed by atoms with Crippen molar-refractivity contribution in [3.8, 4) is 0 Å². The Morgan fingerprint density at radius 2 is 2.05 bits per heavy atom. The molecule has 0 amide bonds. The first-order valence-corrected chi connectivity index (χ1v) is 15.7. The number of allylic oxidation sites excluding steroid dienone is 6. The average Bonchev–Trinajstić information content (AvgIpc) is 3.68. The van der Waals surface area contributed by atoms with Crippen molar-refractivity contribution in [3.63, 3.8) is 0 Å². The van der Waals surface area contributed by atoms with E-state index >= 15 is 0 Å². The van der Waals surface area contributed by atoms with E-state index in [4.69, 9.17) is 19.9 Å². The summed E-state index contributed by atoms with van der Waals surface area (Å²) in [5.41, 5.74) is 9.70. The van der Waals surface area contributed by atoms with Gasteiger partial charge in [-0.1, -0.05) is 36.0 Å². The number of anilines is 1. The number of methoxy groups -OCH3 is 1. The molecule has 9 heteroatoms. The molecular weight excluding hydrogens is 544 g/mol. The first-order valence-electron chi connectivity index (χ1n) is 15.7. The number of nitrogens with one attached hydrogen (secondary N) is 1. The van der Waals surface area contributed by atoms with Crippen molar-refractivity contribution >= 4 is 11.7 Å². The standard InChI is InChI=1S/C34H48N4O5/c1-5-31(35)37-33(40)43-21-29-28-8-6-7-25(34(28,29)22(2)3)10-9-24-17-27(18-24)42-20-23-13-15-38(16-14-23)26-11-12-30(36-19-26)32(39)41-4/h5-8,11-12,19,23-24,27-29,33,37,40H,2,9-10,13-18,20-21,35H2,1,3-4H3/b31-5-. The van der Waals surface area contributed by atoms with Gasteiger partial charge in [0, 0.05) is 31.0 Å². The van der Waals surface area contributed by atoms with Gasteiger partial charge in [-0.2, -0.15) is 0 Å². The second-order valence-electron chi connectivity index (χ2n) is 12.6. The highest BCUT2D eigenvalue weighted by molar-refractivity contribution is 5.87. The van der Waals surface area contributed by atoms with Gasteiger partial charge in [0.15, 0.2) is 0 Å². The summed E-state index contributed by atoms with van der Waals surface area (Å²) in [6.07, 6.45) is 16.1. The summed E-state index contributed by atoms with van der Waals surface area (Å²) in [6.45, 7) is 11.5. The molecule has 3 aliphatic carbocycles. The van der Waals surface area contributed by atoms with Crippen LogP contribution in [0, 0.1) is 29.1 Å². The van der Waals surface area contributed by atoms with Crippen LogP contribution >= 0.6 is 0 Å². The molecule has 0 bridgehead atoms. The molecule has 9 nitrogen and oxygen atoms in total. The summed E-state index contributed by atoms with van der Waals surface area (Å²) in [4.78, 5) is 18.2. The molecule has 1 aliphatic heterocycles. The van der Waals surface area contributed by atoms with Crippen LogP contribution in [-0.2, 0) is 14.2 Å². The molecule has 0 spiro atoms. The number of esters is 1. The van der Waals surface area contributed by atoms with E-state index in [9.17, 15) is 9.90 Å². The summed E-state index contributed by atoms with van der Waals surface area (Å²) in [7, 11) is 1.37. The van der Waals surface area contributed by atoms with E-state index in [-0.39, 0.29) is 11.3 Å². The van der Waals surface area contributed by atoms with Gasteiger partial charge in [0.05, 0.1) is 37.5 Å². The number of aliphatic hydroxyl groups is 1. The van der Waals surface area contributed by atoms with Crippen LogP contribution in [0.4, 0.5) is 5.69 Å². The van der Waals surface area contributed by atoms with E-state index in [2.05, 4.69) is 46.9 Å². The fourth-order valence-corrected chi connectivity index (χ4v) is 7.35. The van der Waals surface area contributed by atoms with Crippen LogP contribution in [0.1, 0.15) is 62.9 Å². The number of hydrogen-bond acceptors (Lipinski definition) is 9. The number of pyridine rings is 1. The van der Waals surface area contributed by atoms with Crippen molar-refractivity contribution in [2.45, 2.75) is 64.9 Å². The Kier molecular flexibility index (Phi) is 9.94. The number of aliphatic hydroxyl groups excluding tert-OH is 1. The van der Waals surface area contributed by atoms with Gasteiger partial charge in [-0.05, 0) is 88.3 Å². The molecular formula is C34H48N4O5. The Hall–Kier alpha value is -3.14. The molecule has 4 atom stereocenters. The molecule has 3 fully saturated rings. The SMILES string of the molecule is C=C(C)C12C(CCC3CC(OCC4CCN(c5ccc(C(=O)OC)nc5)CC4)C3)=CC=CC1C2COC(O)N/C(N)=C\C. The fourth-order valence-electron chi connectivity index (χ4n) is 7.35. The number of nitrogens with two attached hydrogens (primary N) is 1.